The lowest BCUT2D eigenvalue weighted by Gasteiger charge is -2.25. The lowest BCUT2D eigenvalue weighted by Crippen LogP contribution is -2.42. The van der Waals surface area contributed by atoms with E-state index in [4.69, 9.17) is 0 Å². The van der Waals surface area contributed by atoms with Crippen molar-refractivity contribution in [3.05, 3.63) is 12.7 Å². The molecule has 5 nitrogen and oxygen atoms in total. The van der Waals surface area contributed by atoms with Crippen molar-refractivity contribution in [1.29, 1.82) is 0 Å². The number of unbranched alkanes of at least 4 members (excludes halogenated alkanes) is 3. The van der Waals surface area contributed by atoms with Crippen LogP contribution in [0, 0.1) is 5.41 Å². The van der Waals surface area contributed by atoms with Gasteiger partial charge in [-0.05, 0) is 40.0 Å². The zero-order chi connectivity index (χ0) is 17.0. The molecule has 0 unspecified atom stereocenters. The Morgan fingerprint density at radius 3 is 2.55 bits per heavy atom. The first kappa shape index (κ1) is 20.5. The number of guanidine groups is 1. The van der Waals surface area contributed by atoms with Gasteiger partial charge in [-0.3, -0.25) is 9.79 Å². The van der Waals surface area contributed by atoms with Crippen LogP contribution in [-0.2, 0) is 4.79 Å². The van der Waals surface area contributed by atoms with E-state index < -0.39 is 5.41 Å². The fraction of sp³-hybridized carbons (Fsp3) is 0.765. The normalized spacial score (nSPS) is 12.0. The number of carbonyl (C=O) groups excluding carboxylic acids is 1. The molecule has 0 aliphatic rings. The summed E-state index contributed by atoms with van der Waals surface area (Å²) in [5.41, 5.74) is -0.500. The monoisotopic (exact) mass is 310 g/mol. The van der Waals surface area contributed by atoms with E-state index in [1.807, 2.05) is 27.0 Å². The third-order valence-corrected chi connectivity index (χ3v) is 3.56. The zero-order valence-electron chi connectivity index (χ0n) is 15.0. The first-order chi connectivity index (χ1) is 10.4. The summed E-state index contributed by atoms with van der Waals surface area (Å²) in [7, 11) is 3.70. The maximum Gasteiger partial charge on any atom is 0.227 e. The van der Waals surface area contributed by atoms with E-state index in [1.54, 1.807) is 7.05 Å². The summed E-state index contributed by atoms with van der Waals surface area (Å²) >= 11 is 0. The second kappa shape index (κ2) is 11.1. The van der Waals surface area contributed by atoms with Crippen LogP contribution >= 0.6 is 0 Å². The molecule has 1 amide bonds. The molecular formula is C17H34N4O. The molecule has 0 aliphatic carbocycles. The Kier molecular flexibility index (Phi) is 10.3. The number of aliphatic imine (C=N–C) groups is 1. The van der Waals surface area contributed by atoms with E-state index in [0.29, 0.717) is 6.54 Å². The molecule has 0 bridgehead atoms. The average molecular weight is 310 g/mol. The minimum Gasteiger partial charge on any atom is -0.359 e. The number of nitrogens with one attached hydrogen (secondary N) is 2. The van der Waals surface area contributed by atoms with Crippen LogP contribution in [0.4, 0.5) is 0 Å². The van der Waals surface area contributed by atoms with Crippen molar-refractivity contribution in [3.8, 4) is 0 Å². The van der Waals surface area contributed by atoms with Crippen LogP contribution in [0.25, 0.3) is 0 Å². The van der Waals surface area contributed by atoms with Crippen LogP contribution in [0.5, 0.6) is 0 Å². The lowest BCUT2D eigenvalue weighted by atomic mass is 9.93. The summed E-state index contributed by atoms with van der Waals surface area (Å²) in [5.74, 6) is 0.877. The minimum atomic E-state index is -0.500. The Morgan fingerprint density at radius 2 is 2.00 bits per heavy atom. The molecule has 0 saturated carbocycles. The van der Waals surface area contributed by atoms with Crippen molar-refractivity contribution in [2.24, 2.45) is 10.4 Å². The average Bonchev–Trinajstić information content (AvgIpc) is 2.50. The van der Waals surface area contributed by atoms with Gasteiger partial charge in [0, 0.05) is 27.2 Å². The van der Waals surface area contributed by atoms with Gasteiger partial charge >= 0.3 is 0 Å². The van der Waals surface area contributed by atoms with Crippen LogP contribution in [0.1, 0.15) is 46.5 Å². The molecule has 0 aromatic heterocycles. The van der Waals surface area contributed by atoms with E-state index in [2.05, 4.69) is 34.0 Å². The molecule has 0 aliphatic heterocycles. The second-order valence-electron chi connectivity index (χ2n) is 6.19. The maximum absolute atomic E-state index is 11.8. The first-order valence-electron chi connectivity index (χ1n) is 8.21. The van der Waals surface area contributed by atoms with Gasteiger partial charge in [-0.15, -0.1) is 6.58 Å². The van der Waals surface area contributed by atoms with Crippen molar-refractivity contribution >= 4 is 11.9 Å². The predicted molar refractivity (Wildman–Crippen MR) is 95.1 cm³/mol. The fourth-order valence-corrected chi connectivity index (χ4v) is 2.07. The Bertz CT molecular complexity index is 364. The van der Waals surface area contributed by atoms with Crippen LogP contribution in [0.2, 0.25) is 0 Å². The Labute approximate surface area is 136 Å². The van der Waals surface area contributed by atoms with Crippen LogP contribution in [0.3, 0.4) is 0 Å². The molecule has 5 heteroatoms. The maximum atomic E-state index is 11.8. The molecular weight excluding hydrogens is 276 g/mol. The number of hydrogen-bond donors (Lipinski definition) is 2. The molecule has 0 rings (SSSR count). The van der Waals surface area contributed by atoms with E-state index in [-0.39, 0.29) is 5.91 Å². The lowest BCUT2D eigenvalue weighted by molar-refractivity contribution is -0.128. The van der Waals surface area contributed by atoms with Gasteiger partial charge in [-0.2, -0.15) is 0 Å². The largest absolute Gasteiger partial charge is 0.359 e. The molecule has 0 saturated heterocycles. The summed E-state index contributed by atoms with van der Waals surface area (Å²) in [6.45, 7) is 11.9. The Balaban J connectivity index is 4.52. The SMILES string of the molecule is C=CCCCCCN(C)C(=NCC(C)(C)C(=O)NC)NCC. The first-order valence-corrected chi connectivity index (χ1v) is 8.21. The molecule has 0 radical (unpaired) electrons. The predicted octanol–water partition coefficient (Wildman–Crippen LogP) is 2.40. The molecule has 0 spiro atoms. The number of carbonyl (C=O) groups is 1. The van der Waals surface area contributed by atoms with Gasteiger partial charge in [-0.1, -0.05) is 12.5 Å². The second-order valence-corrected chi connectivity index (χ2v) is 6.19. The summed E-state index contributed by atoms with van der Waals surface area (Å²) in [4.78, 5) is 18.6. The van der Waals surface area contributed by atoms with E-state index in [1.165, 1.54) is 12.8 Å². The van der Waals surface area contributed by atoms with Crippen molar-refractivity contribution in [2.75, 3.05) is 33.7 Å². The smallest absolute Gasteiger partial charge is 0.227 e. The van der Waals surface area contributed by atoms with E-state index in [0.717, 1.165) is 31.9 Å². The van der Waals surface area contributed by atoms with Gasteiger partial charge in [0.25, 0.3) is 0 Å². The molecule has 0 fully saturated rings. The number of nitrogens with zero attached hydrogens (tertiary/aromatic N) is 2. The standard InChI is InChI=1S/C17H34N4O/c1-7-9-10-11-12-13-21(6)16(19-8-2)20-14-17(3,4)15(22)18-5/h7H,1,8-14H2,2-6H3,(H,18,22)(H,19,20). The van der Waals surface area contributed by atoms with Crippen LogP contribution < -0.4 is 10.6 Å². The highest BCUT2D eigenvalue weighted by Crippen LogP contribution is 2.15. The highest BCUT2D eigenvalue weighted by molar-refractivity contribution is 5.83. The van der Waals surface area contributed by atoms with E-state index in [9.17, 15) is 4.79 Å². The van der Waals surface area contributed by atoms with Gasteiger partial charge in [0.2, 0.25) is 5.91 Å². The highest BCUT2D eigenvalue weighted by atomic mass is 16.2. The van der Waals surface area contributed by atoms with Gasteiger partial charge < -0.3 is 15.5 Å². The molecule has 22 heavy (non-hydrogen) atoms. The topological polar surface area (TPSA) is 56.7 Å². The van der Waals surface area contributed by atoms with Gasteiger partial charge in [-0.25, -0.2) is 0 Å². The third kappa shape index (κ3) is 8.05. The zero-order valence-corrected chi connectivity index (χ0v) is 15.0. The summed E-state index contributed by atoms with van der Waals surface area (Å²) in [5, 5.41) is 5.99. The number of allylic oxidation sites excluding steroid dienone is 1. The summed E-state index contributed by atoms with van der Waals surface area (Å²) < 4.78 is 0. The number of hydrogen-bond acceptors (Lipinski definition) is 2. The van der Waals surface area contributed by atoms with Gasteiger partial charge in [0.15, 0.2) is 5.96 Å². The van der Waals surface area contributed by atoms with Crippen molar-refractivity contribution < 1.29 is 4.79 Å². The third-order valence-electron chi connectivity index (χ3n) is 3.56. The van der Waals surface area contributed by atoms with E-state index >= 15 is 0 Å². The quantitative estimate of drug-likeness (QED) is 0.282. The van der Waals surface area contributed by atoms with Crippen LogP contribution in [-0.4, -0.2) is 50.5 Å². The molecule has 0 heterocycles. The fourth-order valence-electron chi connectivity index (χ4n) is 2.07. The van der Waals surface area contributed by atoms with Crippen LogP contribution in [0.15, 0.2) is 17.6 Å². The molecule has 0 aromatic rings. The highest BCUT2D eigenvalue weighted by Gasteiger charge is 2.26. The number of rotatable bonds is 10. The van der Waals surface area contributed by atoms with Gasteiger partial charge in [0.1, 0.15) is 0 Å². The summed E-state index contributed by atoms with van der Waals surface area (Å²) in [6, 6.07) is 0. The molecule has 0 atom stereocenters. The number of amides is 1. The minimum absolute atomic E-state index is 0.0131. The summed E-state index contributed by atoms with van der Waals surface area (Å²) in [6.07, 6.45) is 6.57. The molecule has 2 N–H and O–H groups in total. The Hall–Kier alpha value is -1.52. The van der Waals surface area contributed by atoms with Crippen molar-refractivity contribution in [1.82, 2.24) is 15.5 Å². The Morgan fingerprint density at radius 1 is 1.32 bits per heavy atom. The van der Waals surface area contributed by atoms with Crippen molar-refractivity contribution in [3.63, 3.8) is 0 Å². The molecule has 0 aromatic carbocycles. The van der Waals surface area contributed by atoms with Crippen molar-refractivity contribution in [2.45, 2.75) is 46.5 Å². The van der Waals surface area contributed by atoms with Gasteiger partial charge in [0.05, 0.1) is 12.0 Å². The molecule has 128 valence electrons.